The van der Waals surface area contributed by atoms with E-state index in [1.165, 1.54) is 39.9 Å². The Kier molecular flexibility index (Phi) is 8.99. The standard InChI is InChI=1S/C34H33F3N6O2S/c1-22-9-3-4-10-25(22)21-43-28-14-6-5-13-27(28)30-31(43)38-33(40-39-30)46-18-8-15-29(44)41-16-17-42(23(2)20-41)32(45)24-11-7-12-26(19-24)34(35,36)37/h3-7,9-14,19,23H,8,15-18,20-21H2,1-2H3. The summed E-state index contributed by atoms with van der Waals surface area (Å²) in [7, 11) is 0. The van der Waals surface area contributed by atoms with Gasteiger partial charge in [0.2, 0.25) is 11.1 Å². The Morgan fingerprint density at radius 2 is 1.76 bits per heavy atom. The van der Waals surface area contributed by atoms with E-state index >= 15 is 0 Å². The predicted octanol–water partition coefficient (Wildman–Crippen LogP) is 6.60. The summed E-state index contributed by atoms with van der Waals surface area (Å²) in [5.41, 5.74) is 4.10. The van der Waals surface area contributed by atoms with Crippen molar-refractivity contribution in [3.8, 4) is 0 Å². The molecule has 1 atom stereocenters. The molecule has 3 aromatic carbocycles. The zero-order chi connectivity index (χ0) is 32.4. The van der Waals surface area contributed by atoms with E-state index in [4.69, 9.17) is 4.98 Å². The van der Waals surface area contributed by atoms with Gasteiger partial charge >= 0.3 is 6.18 Å². The number of aromatic nitrogens is 4. The van der Waals surface area contributed by atoms with Crippen LogP contribution in [0.5, 0.6) is 0 Å². The van der Waals surface area contributed by atoms with Gasteiger partial charge in [-0.2, -0.15) is 13.2 Å². The minimum Gasteiger partial charge on any atom is -0.339 e. The van der Waals surface area contributed by atoms with Crippen molar-refractivity contribution in [2.75, 3.05) is 25.4 Å². The van der Waals surface area contributed by atoms with Gasteiger partial charge in [-0.25, -0.2) is 4.98 Å². The number of alkyl halides is 3. The van der Waals surface area contributed by atoms with Gasteiger partial charge in [0.25, 0.3) is 5.91 Å². The molecule has 3 heterocycles. The molecule has 1 aliphatic rings. The Balaban J connectivity index is 1.05. The number of thioether (sulfide) groups is 1. The molecule has 0 aliphatic carbocycles. The lowest BCUT2D eigenvalue weighted by molar-refractivity contribution is -0.137. The number of hydrogen-bond acceptors (Lipinski definition) is 6. The minimum absolute atomic E-state index is 0.0103. The Hall–Kier alpha value is -4.45. The first-order chi connectivity index (χ1) is 22.1. The fourth-order valence-corrected chi connectivity index (χ4v) is 6.61. The summed E-state index contributed by atoms with van der Waals surface area (Å²) in [5, 5.41) is 10.5. The first-order valence-electron chi connectivity index (χ1n) is 15.1. The maximum atomic E-state index is 13.1. The maximum Gasteiger partial charge on any atom is 0.416 e. The smallest absolute Gasteiger partial charge is 0.339 e. The summed E-state index contributed by atoms with van der Waals surface area (Å²) in [6, 6.07) is 20.5. The van der Waals surface area contributed by atoms with Gasteiger partial charge in [-0.05, 0) is 55.7 Å². The van der Waals surface area contributed by atoms with Crippen LogP contribution in [-0.2, 0) is 17.5 Å². The monoisotopic (exact) mass is 646 g/mol. The van der Waals surface area contributed by atoms with Gasteiger partial charge in [-0.1, -0.05) is 60.3 Å². The number of piperazine rings is 1. The van der Waals surface area contributed by atoms with E-state index in [0.29, 0.717) is 43.4 Å². The zero-order valence-corrected chi connectivity index (χ0v) is 26.3. The minimum atomic E-state index is -4.53. The third kappa shape index (κ3) is 6.57. The average molecular weight is 647 g/mol. The number of carbonyl (C=O) groups is 2. The van der Waals surface area contributed by atoms with Gasteiger partial charge in [-0.3, -0.25) is 9.59 Å². The van der Waals surface area contributed by atoms with E-state index < -0.39 is 17.6 Å². The summed E-state index contributed by atoms with van der Waals surface area (Å²) in [6.07, 6.45) is -3.60. The van der Waals surface area contributed by atoms with Crippen LogP contribution >= 0.6 is 11.8 Å². The molecule has 1 saturated heterocycles. The van der Waals surface area contributed by atoms with Crippen LogP contribution in [-0.4, -0.2) is 72.8 Å². The van der Waals surface area contributed by atoms with Crippen LogP contribution in [0.1, 0.15) is 46.8 Å². The van der Waals surface area contributed by atoms with E-state index in [0.717, 1.165) is 34.2 Å². The molecular weight excluding hydrogens is 613 g/mol. The number of hydrogen-bond donors (Lipinski definition) is 0. The van der Waals surface area contributed by atoms with Crippen molar-refractivity contribution in [1.82, 2.24) is 29.5 Å². The van der Waals surface area contributed by atoms with E-state index in [1.54, 1.807) is 11.8 Å². The second kappa shape index (κ2) is 13.1. The number of carbonyl (C=O) groups excluding carboxylic acids is 2. The van der Waals surface area contributed by atoms with Gasteiger partial charge in [0, 0.05) is 55.3 Å². The van der Waals surface area contributed by atoms with E-state index in [9.17, 15) is 22.8 Å². The van der Waals surface area contributed by atoms with E-state index in [1.807, 2.05) is 30.3 Å². The summed E-state index contributed by atoms with van der Waals surface area (Å²) >= 11 is 1.46. The molecule has 2 aromatic heterocycles. The molecule has 1 aliphatic heterocycles. The van der Waals surface area contributed by atoms with Crippen molar-refractivity contribution in [1.29, 1.82) is 0 Å². The molecule has 0 bridgehead atoms. The van der Waals surface area contributed by atoms with Crippen molar-refractivity contribution in [2.24, 2.45) is 0 Å². The Labute approximate surface area is 268 Å². The number of nitrogens with zero attached hydrogens (tertiary/aromatic N) is 6. The topological polar surface area (TPSA) is 84.2 Å². The molecule has 5 aromatic rings. The molecule has 46 heavy (non-hydrogen) atoms. The fraction of sp³-hybridized carbons (Fsp3) is 0.324. The quantitative estimate of drug-likeness (QED) is 0.140. The highest BCUT2D eigenvalue weighted by Crippen LogP contribution is 2.31. The van der Waals surface area contributed by atoms with E-state index in [-0.39, 0.29) is 24.1 Å². The van der Waals surface area contributed by atoms with Crippen LogP contribution in [0.4, 0.5) is 13.2 Å². The normalized spacial score (nSPS) is 15.5. The Bertz CT molecular complexity index is 1910. The summed E-state index contributed by atoms with van der Waals surface area (Å²) in [4.78, 5) is 34.2. The SMILES string of the molecule is Cc1ccccc1Cn1c2ccccc2c2nnc(SCCCC(=O)N3CCN(C(=O)c4cccc(C(F)(F)F)c4)C(C)C3)nc21. The molecule has 2 amide bonds. The van der Waals surface area contributed by atoms with Crippen molar-refractivity contribution in [2.45, 2.75) is 50.6 Å². The number of para-hydroxylation sites is 1. The summed E-state index contributed by atoms with van der Waals surface area (Å²) in [6.45, 7) is 5.47. The largest absolute Gasteiger partial charge is 0.416 e. The fourth-order valence-electron chi connectivity index (χ4n) is 5.89. The van der Waals surface area contributed by atoms with Gasteiger partial charge in [-0.15, -0.1) is 10.2 Å². The number of benzene rings is 3. The summed E-state index contributed by atoms with van der Waals surface area (Å²) < 4.78 is 41.6. The second-order valence-corrected chi connectivity index (χ2v) is 12.6. The van der Waals surface area contributed by atoms with Crippen LogP contribution in [0.2, 0.25) is 0 Å². The lowest BCUT2D eigenvalue weighted by Gasteiger charge is -2.40. The molecule has 12 heteroatoms. The third-order valence-electron chi connectivity index (χ3n) is 8.39. The molecule has 6 rings (SSSR count). The first-order valence-corrected chi connectivity index (χ1v) is 16.1. The Morgan fingerprint density at radius 1 is 0.978 bits per heavy atom. The lowest BCUT2D eigenvalue weighted by atomic mass is 10.1. The maximum absolute atomic E-state index is 13.1. The predicted molar refractivity (Wildman–Crippen MR) is 172 cm³/mol. The average Bonchev–Trinajstić information content (AvgIpc) is 3.36. The molecule has 1 unspecified atom stereocenters. The molecule has 8 nitrogen and oxygen atoms in total. The summed E-state index contributed by atoms with van der Waals surface area (Å²) in [5.74, 6) is 0.137. The highest BCUT2D eigenvalue weighted by atomic mass is 32.2. The van der Waals surface area contributed by atoms with Crippen LogP contribution in [0.15, 0.2) is 78.0 Å². The van der Waals surface area contributed by atoms with Crippen LogP contribution < -0.4 is 0 Å². The first kappa shape index (κ1) is 31.5. The van der Waals surface area contributed by atoms with Gasteiger partial charge in [0.1, 0.15) is 5.52 Å². The number of aryl methyl sites for hydroxylation is 1. The number of rotatable bonds is 8. The lowest BCUT2D eigenvalue weighted by Crippen LogP contribution is -2.55. The highest BCUT2D eigenvalue weighted by molar-refractivity contribution is 7.99. The van der Waals surface area contributed by atoms with E-state index in [2.05, 4.69) is 39.9 Å². The zero-order valence-electron chi connectivity index (χ0n) is 25.5. The van der Waals surface area contributed by atoms with Gasteiger partial charge < -0.3 is 14.4 Å². The second-order valence-electron chi connectivity index (χ2n) is 11.5. The molecular formula is C34H33F3N6O2S. The van der Waals surface area contributed by atoms with Crippen molar-refractivity contribution >= 4 is 45.6 Å². The number of halogens is 3. The van der Waals surface area contributed by atoms with Crippen molar-refractivity contribution < 1.29 is 22.8 Å². The molecule has 0 spiro atoms. The molecule has 0 saturated carbocycles. The molecule has 0 N–H and O–H groups in total. The van der Waals surface area contributed by atoms with Crippen molar-refractivity contribution in [3.63, 3.8) is 0 Å². The highest BCUT2D eigenvalue weighted by Gasteiger charge is 2.33. The van der Waals surface area contributed by atoms with Crippen LogP contribution in [0.3, 0.4) is 0 Å². The van der Waals surface area contributed by atoms with Gasteiger partial charge in [0.05, 0.1) is 11.1 Å². The van der Waals surface area contributed by atoms with Crippen LogP contribution in [0.25, 0.3) is 22.1 Å². The molecule has 1 fully saturated rings. The number of amides is 2. The molecule has 0 radical (unpaired) electrons. The van der Waals surface area contributed by atoms with Gasteiger partial charge in [0.15, 0.2) is 5.65 Å². The van der Waals surface area contributed by atoms with Crippen LogP contribution in [0, 0.1) is 6.92 Å². The Morgan fingerprint density at radius 3 is 2.54 bits per heavy atom. The van der Waals surface area contributed by atoms with Crippen molar-refractivity contribution in [3.05, 3.63) is 95.1 Å². The molecule has 238 valence electrons. The third-order valence-corrected chi connectivity index (χ3v) is 9.31. The number of fused-ring (bicyclic) bond motifs is 3.